The molecule has 0 unspecified atom stereocenters. The van der Waals surface area contributed by atoms with Crippen LogP contribution in [0.1, 0.15) is 10.4 Å². The molecule has 3 aromatic heterocycles. The maximum atomic E-state index is 13.7. The van der Waals surface area contributed by atoms with Gasteiger partial charge < -0.3 is 9.73 Å². The smallest absolute Gasteiger partial charge is 0.255 e. The van der Waals surface area contributed by atoms with Crippen molar-refractivity contribution in [2.45, 2.75) is 0 Å². The van der Waals surface area contributed by atoms with Crippen LogP contribution in [0.3, 0.4) is 0 Å². The molecule has 3 aromatic carbocycles. The molecule has 0 aliphatic heterocycles. The zero-order valence-corrected chi connectivity index (χ0v) is 23.1. The van der Waals surface area contributed by atoms with Gasteiger partial charge in [0.1, 0.15) is 17.2 Å². The summed E-state index contributed by atoms with van der Waals surface area (Å²) >= 11 is 0. The highest BCUT2D eigenvalue weighted by Gasteiger charge is 2.26. The molecule has 0 radical (unpaired) electrons. The molecule has 6 rings (SSSR count). The lowest BCUT2D eigenvalue weighted by molar-refractivity contribution is 0.0964. The zero-order valence-electron chi connectivity index (χ0n) is 22.3. The fourth-order valence-electron chi connectivity index (χ4n) is 4.81. The van der Waals surface area contributed by atoms with Gasteiger partial charge in [-0.2, -0.15) is 5.10 Å². The number of nitrogens with zero attached hydrogens (tertiary/aromatic N) is 4. The standard InChI is InChI=1S/C30H24FN5O4S/c1-32-30(37)28-23-15-22(19-12-13-33-27(14-19)36-24-7-5-4-6-20(24)17-34-36)25(35(2)41(3,38)39)16-26(23)40-29(28)18-8-10-21(31)11-9-18/h4-17H,1-3H3,(H,32,37). The summed E-state index contributed by atoms with van der Waals surface area (Å²) in [5.41, 5.74) is 3.42. The van der Waals surface area contributed by atoms with Crippen molar-refractivity contribution in [1.82, 2.24) is 20.1 Å². The van der Waals surface area contributed by atoms with Gasteiger partial charge in [-0.15, -0.1) is 0 Å². The van der Waals surface area contributed by atoms with E-state index in [4.69, 9.17) is 4.42 Å². The fourth-order valence-corrected chi connectivity index (χ4v) is 5.32. The third kappa shape index (κ3) is 4.59. The molecule has 9 nitrogen and oxygen atoms in total. The summed E-state index contributed by atoms with van der Waals surface area (Å²) in [7, 11) is -0.724. The minimum Gasteiger partial charge on any atom is -0.455 e. The Balaban J connectivity index is 1.62. The quantitative estimate of drug-likeness (QED) is 0.288. The van der Waals surface area contributed by atoms with Gasteiger partial charge in [-0.05, 0) is 54.1 Å². The molecule has 206 valence electrons. The normalized spacial score (nSPS) is 11.7. The first-order valence-corrected chi connectivity index (χ1v) is 14.4. The molecule has 1 amide bonds. The average Bonchev–Trinajstić information content (AvgIpc) is 3.57. The number of sulfonamides is 1. The van der Waals surface area contributed by atoms with Crippen molar-refractivity contribution in [3.63, 3.8) is 0 Å². The van der Waals surface area contributed by atoms with Crippen molar-refractivity contribution in [3.8, 4) is 28.3 Å². The van der Waals surface area contributed by atoms with Crippen LogP contribution < -0.4 is 9.62 Å². The van der Waals surface area contributed by atoms with E-state index >= 15 is 0 Å². The van der Waals surface area contributed by atoms with Crippen LogP contribution in [0.4, 0.5) is 10.1 Å². The maximum Gasteiger partial charge on any atom is 0.255 e. The van der Waals surface area contributed by atoms with Crippen LogP contribution in [0.5, 0.6) is 0 Å². The number of hydrogen-bond donors (Lipinski definition) is 1. The van der Waals surface area contributed by atoms with Gasteiger partial charge in [-0.3, -0.25) is 9.10 Å². The highest BCUT2D eigenvalue weighted by Crippen LogP contribution is 2.41. The number of amides is 1. The number of pyridine rings is 1. The number of rotatable bonds is 6. The number of carbonyl (C=O) groups excluding carboxylic acids is 1. The Labute approximate surface area is 234 Å². The first-order valence-electron chi connectivity index (χ1n) is 12.6. The van der Waals surface area contributed by atoms with E-state index in [1.165, 1.54) is 38.4 Å². The molecule has 6 aromatic rings. The second-order valence-corrected chi connectivity index (χ2v) is 11.5. The summed E-state index contributed by atoms with van der Waals surface area (Å²) < 4.78 is 48.1. The van der Waals surface area contributed by atoms with E-state index in [-0.39, 0.29) is 11.3 Å². The molecule has 41 heavy (non-hydrogen) atoms. The molecular formula is C30H24FN5O4S. The Kier molecular flexibility index (Phi) is 6.30. The van der Waals surface area contributed by atoms with E-state index in [0.29, 0.717) is 39.2 Å². The Morgan fingerprint density at radius 2 is 1.78 bits per heavy atom. The molecule has 3 heterocycles. The van der Waals surface area contributed by atoms with E-state index in [1.807, 2.05) is 24.3 Å². The molecule has 0 spiro atoms. The van der Waals surface area contributed by atoms with Gasteiger partial charge in [0, 0.05) is 48.3 Å². The molecule has 0 bridgehead atoms. The number of hydrogen-bond acceptors (Lipinski definition) is 6. The van der Waals surface area contributed by atoms with Crippen LogP contribution in [0, 0.1) is 5.82 Å². The maximum absolute atomic E-state index is 13.7. The van der Waals surface area contributed by atoms with Crippen LogP contribution >= 0.6 is 0 Å². The lowest BCUT2D eigenvalue weighted by atomic mass is 9.99. The molecular weight excluding hydrogens is 545 g/mol. The van der Waals surface area contributed by atoms with Crippen molar-refractivity contribution in [1.29, 1.82) is 0 Å². The summed E-state index contributed by atoms with van der Waals surface area (Å²) in [6.45, 7) is 0. The number of anilines is 1. The van der Waals surface area contributed by atoms with E-state index in [9.17, 15) is 17.6 Å². The van der Waals surface area contributed by atoms with Gasteiger partial charge in [0.05, 0.1) is 29.2 Å². The molecule has 11 heteroatoms. The third-order valence-corrected chi connectivity index (χ3v) is 8.15. The number of carbonyl (C=O) groups is 1. The van der Waals surface area contributed by atoms with E-state index < -0.39 is 21.7 Å². The summed E-state index contributed by atoms with van der Waals surface area (Å²) in [4.78, 5) is 17.6. The summed E-state index contributed by atoms with van der Waals surface area (Å²) in [6.07, 6.45) is 4.47. The molecule has 0 aliphatic carbocycles. The largest absolute Gasteiger partial charge is 0.455 e. The Morgan fingerprint density at radius 1 is 1.02 bits per heavy atom. The summed E-state index contributed by atoms with van der Waals surface area (Å²) in [6, 6.07) is 20.2. The number of furan rings is 1. The van der Waals surface area contributed by atoms with E-state index in [2.05, 4.69) is 15.4 Å². The van der Waals surface area contributed by atoms with Crippen molar-refractivity contribution in [2.75, 3.05) is 24.7 Å². The van der Waals surface area contributed by atoms with Crippen molar-refractivity contribution in [2.24, 2.45) is 0 Å². The second kappa shape index (κ2) is 9.86. The van der Waals surface area contributed by atoms with Crippen LogP contribution in [-0.2, 0) is 10.0 Å². The molecule has 0 aliphatic rings. The Morgan fingerprint density at radius 3 is 2.51 bits per heavy atom. The van der Waals surface area contributed by atoms with Crippen LogP contribution in [-0.4, -0.2) is 49.4 Å². The van der Waals surface area contributed by atoms with Gasteiger partial charge >= 0.3 is 0 Å². The van der Waals surface area contributed by atoms with Crippen LogP contribution in [0.2, 0.25) is 0 Å². The molecule has 0 atom stereocenters. The van der Waals surface area contributed by atoms with Crippen LogP contribution in [0.25, 0.3) is 50.1 Å². The molecule has 0 saturated heterocycles. The van der Waals surface area contributed by atoms with Gasteiger partial charge in [0.25, 0.3) is 5.91 Å². The van der Waals surface area contributed by atoms with Crippen molar-refractivity contribution in [3.05, 3.63) is 96.6 Å². The SMILES string of the molecule is CNC(=O)c1c(-c2ccc(F)cc2)oc2cc(N(C)S(C)(=O)=O)c(-c3ccnc(-n4ncc5ccccc54)c3)cc12. The number of halogens is 1. The summed E-state index contributed by atoms with van der Waals surface area (Å²) in [5, 5.41) is 8.55. The Hall–Kier alpha value is -5.03. The number of aromatic nitrogens is 3. The average molecular weight is 570 g/mol. The second-order valence-electron chi connectivity index (χ2n) is 9.51. The Bertz CT molecular complexity index is 2070. The first kappa shape index (κ1) is 26.2. The molecule has 0 fully saturated rings. The van der Waals surface area contributed by atoms with Gasteiger partial charge in [0.2, 0.25) is 10.0 Å². The number of benzene rings is 3. The number of fused-ring (bicyclic) bond motifs is 2. The topological polar surface area (TPSA) is 110 Å². The monoisotopic (exact) mass is 569 g/mol. The highest BCUT2D eigenvalue weighted by atomic mass is 32.2. The van der Waals surface area contributed by atoms with E-state index in [1.54, 1.807) is 41.3 Å². The van der Waals surface area contributed by atoms with Gasteiger partial charge in [-0.25, -0.2) is 22.5 Å². The predicted octanol–water partition coefficient (Wildman–Crippen LogP) is 5.40. The van der Waals surface area contributed by atoms with E-state index in [0.717, 1.165) is 21.5 Å². The minimum atomic E-state index is -3.68. The lowest BCUT2D eigenvalue weighted by Gasteiger charge is -2.21. The number of para-hydroxylation sites is 1. The predicted molar refractivity (Wildman–Crippen MR) is 156 cm³/mol. The number of nitrogens with one attached hydrogen (secondary N) is 1. The first-order chi connectivity index (χ1) is 19.7. The summed E-state index contributed by atoms with van der Waals surface area (Å²) in [5.74, 6) is -0.0637. The molecule has 0 saturated carbocycles. The van der Waals surface area contributed by atoms with Gasteiger partial charge in [0.15, 0.2) is 5.82 Å². The highest BCUT2D eigenvalue weighted by molar-refractivity contribution is 7.92. The lowest BCUT2D eigenvalue weighted by Crippen LogP contribution is -2.25. The van der Waals surface area contributed by atoms with Crippen molar-refractivity contribution < 1.29 is 22.0 Å². The minimum absolute atomic E-state index is 0.239. The third-order valence-electron chi connectivity index (χ3n) is 6.95. The molecule has 1 N–H and O–H groups in total. The van der Waals surface area contributed by atoms with Crippen LogP contribution in [0.15, 0.2) is 89.6 Å². The van der Waals surface area contributed by atoms with Crippen molar-refractivity contribution >= 4 is 43.5 Å². The van der Waals surface area contributed by atoms with Gasteiger partial charge in [-0.1, -0.05) is 18.2 Å². The zero-order chi connectivity index (χ0) is 28.9. The fraction of sp³-hybridized carbons (Fsp3) is 0.100.